The van der Waals surface area contributed by atoms with E-state index in [1.54, 1.807) is 18.2 Å². The lowest BCUT2D eigenvalue weighted by Gasteiger charge is -2.13. The van der Waals surface area contributed by atoms with Gasteiger partial charge in [-0.15, -0.1) is 0 Å². The van der Waals surface area contributed by atoms with Gasteiger partial charge < -0.3 is 9.50 Å². The molecular weight excluding hydrogens is 582 g/mol. The monoisotopic (exact) mass is 601 g/mol. The van der Waals surface area contributed by atoms with Crippen LogP contribution in [-0.4, -0.2) is 41.8 Å². The molecule has 3 amide bonds. The van der Waals surface area contributed by atoms with E-state index in [0.29, 0.717) is 33.6 Å². The molecule has 0 saturated carbocycles. The van der Waals surface area contributed by atoms with Crippen molar-refractivity contribution >= 4 is 68.0 Å². The summed E-state index contributed by atoms with van der Waals surface area (Å²) in [4.78, 5) is 48.6. The van der Waals surface area contributed by atoms with Gasteiger partial charge >= 0.3 is 10.1 Å². The molecule has 206 valence electrons. The fraction of sp³-hybridized carbons (Fsp3) is 0.115. The summed E-state index contributed by atoms with van der Waals surface area (Å²) in [5, 5.41) is 13.6. The van der Waals surface area contributed by atoms with Crippen molar-refractivity contribution in [1.82, 2.24) is 4.90 Å². The van der Waals surface area contributed by atoms with E-state index in [9.17, 15) is 32.9 Å². The lowest BCUT2D eigenvalue weighted by molar-refractivity contribution is -0.385. The number of hydrogen-bond donors (Lipinski definition) is 1. The average Bonchev–Trinajstić information content (AvgIpc) is 3.14. The van der Waals surface area contributed by atoms with Crippen molar-refractivity contribution < 1.29 is 31.9 Å². The maximum absolute atomic E-state index is 12.8. The highest BCUT2D eigenvalue weighted by atomic mass is 35.5. The van der Waals surface area contributed by atoms with Crippen molar-refractivity contribution in [2.24, 2.45) is 0 Å². The SMILES string of the molecule is Cc1ccc(NC(=O)CN2C(=O)S/C(=C\c3ccc(OS(=O)(=O)c4ccc(C)c([N+](=O)[O-])c4)cc3)C2=O)cc1Cl. The van der Waals surface area contributed by atoms with Crippen molar-refractivity contribution in [2.75, 3.05) is 11.9 Å². The molecule has 0 aromatic heterocycles. The number of nitrogens with one attached hydrogen (secondary N) is 1. The fourth-order valence-corrected chi connectivity index (χ4v) is 5.51. The number of thioether (sulfide) groups is 1. The number of aryl methyl sites for hydroxylation is 2. The second-order valence-electron chi connectivity index (χ2n) is 8.59. The van der Waals surface area contributed by atoms with E-state index in [1.807, 2.05) is 6.92 Å². The van der Waals surface area contributed by atoms with Crippen molar-refractivity contribution in [3.63, 3.8) is 0 Å². The van der Waals surface area contributed by atoms with Crippen LogP contribution in [0.15, 0.2) is 70.5 Å². The van der Waals surface area contributed by atoms with Crippen molar-refractivity contribution in [2.45, 2.75) is 18.7 Å². The normalized spacial score (nSPS) is 14.5. The van der Waals surface area contributed by atoms with Crippen molar-refractivity contribution in [1.29, 1.82) is 0 Å². The summed E-state index contributed by atoms with van der Waals surface area (Å²) >= 11 is 6.72. The van der Waals surface area contributed by atoms with Crippen LogP contribution < -0.4 is 9.50 Å². The number of imide groups is 1. The summed E-state index contributed by atoms with van der Waals surface area (Å²) in [6.45, 7) is 2.80. The van der Waals surface area contributed by atoms with Crippen LogP contribution in [0.1, 0.15) is 16.7 Å². The molecule has 1 aliphatic heterocycles. The van der Waals surface area contributed by atoms with Gasteiger partial charge in [0.05, 0.1) is 9.83 Å². The average molecular weight is 602 g/mol. The summed E-state index contributed by atoms with van der Waals surface area (Å²) in [7, 11) is -4.36. The molecular formula is C26H20ClN3O8S2. The van der Waals surface area contributed by atoms with Gasteiger partial charge in [-0.05, 0) is 73.1 Å². The summed E-state index contributed by atoms with van der Waals surface area (Å²) in [5.74, 6) is -1.30. The Morgan fingerprint density at radius 3 is 2.40 bits per heavy atom. The molecule has 0 radical (unpaired) electrons. The third kappa shape index (κ3) is 6.50. The predicted octanol–water partition coefficient (Wildman–Crippen LogP) is 5.31. The number of hydrogen-bond acceptors (Lipinski definition) is 9. The second-order valence-corrected chi connectivity index (χ2v) is 11.5. The first kappa shape index (κ1) is 28.8. The highest BCUT2D eigenvalue weighted by molar-refractivity contribution is 8.18. The molecule has 1 saturated heterocycles. The first-order chi connectivity index (χ1) is 18.8. The topological polar surface area (TPSA) is 153 Å². The number of carbonyl (C=O) groups excluding carboxylic acids is 3. The molecule has 0 aliphatic carbocycles. The van der Waals surface area contributed by atoms with E-state index >= 15 is 0 Å². The van der Waals surface area contributed by atoms with Gasteiger partial charge in [-0.3, -0.25) is 29.4 Å². The van der Waals surface area contributed by atoms with Gasteiger partial charge in [-0.1, -0.05) is 35.9 Å². The number of amides is 3. The minimum Gasteiger partial charge on any atom is -0.379 e. The summed E-state index contributed by atoms with van der Waals surface area (Å²) in [6, 6.07) is 14.0. The van der Waals surface area contributed by atoms with E-state index < -0.39 is 38.6 Å². The number of nitrogens with zero attached hydrogens (tertiary/aromatic N) is 2. The second kappa shape index (κ2) is 11.5. The van der Waals surface area contributed by atoms with E-state index in [1.165, 1.54) is 49.4 Å². The van der Waals surface area contributed by atoms with Crippen molar-refractivity contribution in [3.8, 4) is 5.75 Å². The predicted molar refractivity (Wildman–Crippen MR) is 150 cm³/mol. The highest BCUT2D eigenvalue weighted by Crippen LogP contribution is 2.33. The molecule has 0 unspecified atom stereocenters. The molecule has 1 aliphatic rings. The van der Waals surface area contributed by atoms with E-state index in [4.69, 9.17) is 15.8 Å². The Labute approximate surface area is 238 Å². The van der Waals surface area contributed by atoms with Gasteiger partial charge in [0.2, 0.25) is 5.91 Å². The van der Waals surface area contributed by atoms with Crippen LogP contribution in [0.2, 0.25) is 5.02 Å². The number of benzene rings is 3. The number of halogens is 1. The molecule has 1 N–H and O–H groups in total. The standard InChI is InChI=1S/C26H20ClN3O8S2/c1-15-3-7-18(12-21(15)27)28-24(31)14-29-25(32)23(39-26(29)33)11-17-5-8-19(9-6-17)38-40(36,37)20-10-4-16(2)22(13-20)30(34)35/h3-13H,14H2,1-2H3,(H,28,31)/b23-11-. The molecule has 14 heteroatoms. The molecule has 1 fully saturated rings. The summed E-state index contributed by atoms with van der Waals surface area (Å²) in [6.07, 6.45) is 1.42. The first-order valence-corrected chi connectivity index (χ1v) is 14.1. The van der Waals surface area contributed by atoms with Crippen LogP contribution in [0.3, 0.4) is 0 Å². The molecule has 1 heterocycles. The zero-order valence-corrected chi connectivity index (χ0v) is 23.3. The Morgan fingerprint density at radius 2 is 1.75 bits per heavy atom. The van der Waals surface area contributed by atoms with E-state index in [0.717, 1.165) is 16.5 Å². The third-order valence-corrected chi connectivity index (χ3v) is 8.24. The van der Waals surface area contributed by atoms with Gasteiger partial charge in [-0.2, -0.15) is 8.42 Å². The molecule has 11 nitrogen and oxygen atoms in total. The van der Waals surface area contributed by atoms with Crippen LogP contribution in [0.25, 0.3) is 6.08 Å². The maximum Gasteiger partial charge on any atom is 0.339 e. The van der Waals surface area contributed by atoms with Crippen LogP contribution in [0.5, 0.6) is 5.75 Å². The van der Waals surface area contributed by atoms with Crippen molar-refractivity contribution in [3.05, 3.63) is 97.4 Å². The molecule has 0 bridgehead atoms. The largest absolute Gasteiger partial charge is 0.379 e. The minimum atomic E-state index is -4.36. The molecule has 40 heavy (non-hydrogen) atoms. The lowest BCUT2D eigenvalue weighted by Crippen LogP contribution is -2.36. The molecule has 3 aromatic rings. The minimum absolute atomic E-state index is 0.0682. The Bertz CT molecular complexity index is 1690. The zero-order valence-electron chi connectivity index (χ0n) is 20.9. The third-order valence-electron chi connectivity index (χ3n) is 5.68. The molecule has 0 atom stereocenters. The molecule has 3 aromatic carbocycles. The molecule has 4 rings (SSSR count). The summed E-state index contributed by atoms with van der Waals surface area (Å²) < 4.78 is 30.3. The van der Waals surface area contributed by atoms with Crippen LogP contribution in [0, 0.1) is 24.0 Å². The highest BCUT2D eigenvalue weighted by Gasteiger charge is 2.36. The lowest BCUT2D eigenvalue weighted by atomic mass is 10.2. The fourth-order valence-electron chi connectivity index (χ4n) is 3.54. The van der Waals surface area contributed by atoms with Gasteiger partial charge in [-0.25, -0.2) is 0 Å². The Kier molecular flexibility index (Phi) is 8.28. The molecule has 0 spiro atoms. The number of carbonyl (C=O) groups is 3. The van der Waals surface area contributed by atoms with Gasteiger partial charge in [0.15, 0.2) is 0 Å². The van der Waals surface area contributed by atoms with Gasteiger partial charge in [0.25, 0.3) is 16.8 Å². The van der Waals surface area contributed by atoms with E-state index in [-0.39, 0.29) is 21.2 Å². The van der Waals surface area contributed by atoms with Gasteiger partial charge in [0, 0.05) is 22.3 Å². The number of nitro benzene ring substituents is 1. The first-order valence-electron chi connectivity index (χ1n) is 11.4. The van der Waals surface area contributed by atoms with Gasteiger partial charge in [0.1, 0.15) is 17.2 Å². The van der Waals surface area contributed by atoms with E-state index in [2.05, 4.69) is 5.32 Å². The number of anilines is 1. The Balaban J connectivity index is 1.42. The number of nitro groups is 1. The Hall–Kier alpha value is -4.20. The Morgan fingerprint density at radius 1 is 1.07 bits per heavy atom. The van der Waals surface area contributed by atoms with Crippen LogP contribution >= 0.6 is 23.4 Å². The summed E-state index contributed by atoms with van der Waals surface area (Å²) in [5.41, 5.74) is 1.66. The smallest absolute Gasteiger partial charge is 0.339 e. The quantitative estimate of drug-likeness (QED) is 0.157. The van der Waals surface area contributed by atoms with Crippen LogP contribution in [0.4, 0.5) is 16.2 Å². The van der Waals surface area contributed by atoms with Crippen LogP contribution in [-0.2, 0) is 19.7 Å². The maximum atomic E-state index is 12.8. The number of rotatable bonds is 8. The zero-order chi connectivity index (χ0) is 29.2.